The SMILES string of the molecule is COc1ccc(-c2csc(NC(=O)CC(C)c3ccccc3)n2)cc1F. The Balaban J connectivity index is 1.65. The van der Waals surface area contributed by atoms with Gasteiger partial charge in [0, 0.05) is 17.4 Å². The lowest BCUT2D eigenvalue weighted by Gasteiger charge is -2.10. The predicted molar refractivity (Wildman–Crippen MR) is 102 cm³/mol. The molecule has 0 radical (unpaired) electrons. The molecule has 3 rings (SSSR count). The number of rotatable bonds is 6. The second kappa shape index (κ2) is 8.10. The minimum absolute atomic E-state index is 0.0943. The van der Waals surface area contributed by atoms with Crippen molar-refractivity contribution in [2.24, 2.45) is 0 Å². The minimum Gasteiger partial charge on any atom is -0.494 e. The summed E-state index contributed by atoms with van der Waals surface area (Å²) in [5.41, 5.74) is 2.37. The monoisotopic (exact) mass is 370 g/mol. The van der Waals surface area contributed by atoms with E-state index in [1.165, 1.54) is 24.5 Å². The van der Waals surface area contributed by atoms with E-state index in [-0.39, 0.29) is 17.6 Å². The average molecular weight is 370 g/mol. The van der Waals surface area contributed by atoms with Gasteiger partial charge in [-0.2, -0.15) is 0 Å². The van der Waals surface area contributed by atoms with Crippen molar-refractivity contribution in [2.45, 2.75) is 19.3 Å². The molecule has 0 bridgehead atoms. The molecule has 4 nitrogen and oxygen atoms in total. The third kappa shape index (κ3) is 4.26. The van der Waals surface area contributed by atoms with E-state index in [1.807, 2.05) is 37.3 Å². The Kier molecular flexibility index (Phi) is 5.63. The van der Waals surface area contributed by atoms with E-state index >= 15 is 0 Å². The fourth-order valence-corrected chi connectivity index (χ4v) is 3.37. The number of hydrogen-bond acceptors (Lipinski definition) is 4. The van der Waals surface area contributed by atoms with Crippen LogP contribution in [-0.4, -0.2) is 18.0 Å². The molecule has 1 amide bonds. The highest BCUT2D eigenvalue weighted by Gasteiger charge is 2.14. The maximum Gasteiger partial charge on any atom is 0.226 e. The van der Waals surface area contributed by atoms with E-state index in [0.29, 0.717) is 22.8 Å². The second-order valence-electron chi connectivity index (χ2n) is 5.95. The van der Waals surface area contributed by atoms with Crippen LogP contribution in [-0.2, 0) is 4.79 Å². The molecule has 1 unspecified atom stereocenters. The molecule has 134 valence electrons. The lowest BCUT2D eigenvalue weighted by Crippen LogP contribution is -2.14. The van der Waals surface area contributed by atoms with E-state index in [2.05, 4.69) is 10.3 Å². The van der Waals surface area contributed by atoms with Crippen molar-refractivity contribution < 1.29 is 13.9 Å². The van der Waals surface area contributed by atoms with E-state index in [4.69, 9.17) is 4.74 Å². The Morgan fingerprint density at radius 3 is 2.73 bits per heavy atom. The van der Waals surface area contributed by atoms with Gasteiger partial charge in [-0.15, -0.1) is 11.3 Å². The summed E-state index contributed by atoms with van der Waals surface area (Å²) in [6, 6.07) is 14.6. The molecule has 0 aliphatic heterocycles. The standard InChI is InChI=1S/C20H19FN2O2S/c1-13(14-6-4-3-5-7-14)10-19(24)23-20-22-17(12-26-20)15-8-9-18(25-2)16(21)11-15/h3-9,11-13H,10H2,1-2H3,(H,22,23,24). The zero-order chi connectivity index (χ0) is 18.5. The molecule has 1 heterocycles. The van der Waals surface area contributed by atoms with Crippen LogP contribution >= 0.6 is 11.3 Å². The van der Waals surface area contributed by atoms with Crippen molar-refractivity contribution in [3.8, 4) is 17.0 Å². The van der Waals surface area contributed by atoms with Gasteiger partial charge in [-0.05, 0) is 29.7 Å². The van der Waals surface area contributed by atoms with Crippen LogP contribution < -0.4 is 10.1 Å². The number of nitrogens with one attached hydrogen (secondary N) is 1. The molecule has 0 spiro atoms. The van der Waals surface area contributed by atoms with Crippen LogP contribution in [0.2, 0.25) is 0 Å². The van der Waals surface area contributed by atoms with Crippen LogP contribution in [0.1, 0.15) is 24.8 Å². The maximum atomic E-state index is 13.8. The first kappa shape index (κ1) is 18.1. The van der Waals surface area contributed by atoms with Gasteiger partial charge in [0.15, 0.2) is 16.7 Å². The molecular weight excluding hydrogens is 351 g/mol. The first-order chi connectivity index (χ1) is 12.6. The van der Waals surface area contributed by atoms with Gasteiger partial charge >= 0.3 is 0 Å². The van der Waals surface area contributed by atoms with E-state index in [9.17, 15) is 9.18 Å². The molecule has 26 heavy (non-hydrogen) atoms. The normalized spacial score (nSPS) is 11.8. The molecule has 1 aromatic heterocycles. The Morgan fingerprint density at radius 1 is 1.27 bits per heavy atom. The average Bonchev–Trinajstić information content (AvgIpc) is 3.10. The number of halogens is 1. The molecular formula is C20H19FN2O2S. The minimum atomic E-state index is -0.444. The predicted octanol–water partition coefficient (Wildman–Crippen LogP) is 5.09. The highest BCUT2D eigenvalue weighted by atomic mass is 32.1. The lowest BCUT2D eigenvalue weighted by atomic mass is 9.98. The molecule has 1 atom stereocenters. The number of methoxy groups -OCH3 is 1. The topological polar surface area (TPSA) is 51.2 Å². The Labute approximate surface area is 155 Å². The first-order valence-corrected chi connectivity index (χ1v) is 9.09. The summed E-state index contributed by atoms with van der Waals surface area (Å²) in [6.45, 7) is 2.02. The Bertz CT molecular complexity index is 896. The van der Waals surface area contributed by atoms with Crippen molar-refractivity contribution in [1.82, 2.24) is 4.98 Å². The van der Waals surface area contributed by atoms with Crippen LogP contribution in [0, 0.1) is 5.82 Å². The number of nitrogens with zero attached hydrogens (tertiary/aromatic N) is 1. The number of amides is 1. The molecule has 0 saturated heterocycles. The van der Waals surface area contributed by atoms with Crippen molar-refractivity contribution in [3.05, 3.63) is 65.3 Å². The molecule has 6 heteroatoms. The zero-order valence-corrected chi connectivity index (χ0v) is 15.3. The number of anilines is 1. The smallest absolute Gasteiger partial charge is 0.226 e. The molecule has 0 aliphatic rings. The van der Waals surface area contributed by atoms with Gasteiger partial charge in [-0.1, -0.05) is 37.3 Å². The lowest BCUT2D eigenvalue weighted by molar-refractivity contribution is -0.116. The number of benzene rings is 2. The van der Waals surface area contributed by atoms with Gasteiger partial charge in [0.25, 0.3) is 0 Å². The van der Waals surface area contributed by atoms with Gasteiger partial charge in [0.05, 0.1) is 12.8 Å². The number of carbonyl (C=O) groups is 1. The third-order valence-electron chi connectivity index (χ3n) is 4.06. The van der Waals surface area contributed by atoms with Crippen molar-refractivity contribution in [2.75, 3.05) is 12.4 Å². The summed E-state index contributed by atoms with van der Waals surface area (Å²) >= 11 is 1.31. The van der Waals surface area contributed by atoms with Gasteiger partial charge < -0.3 is 10.1 Å². The largest absolute Gasteiger partial charge is 0.494 e. The van der Waals surface area contributed by atoms with Gasteiger partial charge in [0.1, 0.15) is 0 Å². The number of thiazole rings is 1. The Morgan fingerprint density at radius 2 is 2.04 bits per heavy atom. The molecule has 3 aromatic rings. The van der Waals surface area contributed by atoms with Gasteiger partial charge in [-0.3, -0.25) is 4.79 Å². The van der Waals surface area contributed by atoms with E-state index < -0.39 is 5.82 Å². The highest BCUT2D eigenvalue weighted by molar-refractivity contribution is 7.14. The fourth-order valence-electron chi connectivity index (χ4n) is 2.64. The van der Waals surface area contributed by atoms with Crippen LogP contribution in [0.3, 0.4) is 0 Å². The summed E-state index contributed by atoms with van der Waals surface area (Å²) in [5, 5.41) is 5.11. The molecule has 0 saturated carbocycles. The number of hydrogen-bond donors (Lipinski definition) is 1. The van der Waals surface area contributed by atoms with E-state index in [1.54, 1.807) is 17.5 Å². The summed E-state index contributed by atoms with van der Waals surface area (Å²) in [5.74, 6) is -0.234. The number of ether oxygens (including phenoxy) is 1. The fraction of sp³-hybridized carbons (Fsp3) is 0.200. The van der Waals surface area contributed by atoms with Crippen molar-refractivity contribution >= 4 is 22.4 Å². The summed E-state index contributed by atoms with van der Waals surface area (Å²) in [4.78, 5) is 16.6. The maximum absolute atomic E-state index is 13.8. The third-order valence-corrected chi connectivity index (χ3v) is 4.82. The summed E-state index contributed by atoms with van der Waals surface area (Å²) in [7, 11) is 1.42. The number of aromatic nitrogens is 1. The highest BCUT2D eigenvalue weighted by Crippen LogP contribution is 2.29. The quantitative estimate of drug-likeness (QED) is 0.657. The first-order valence-electron chi connectivity index (χ1n) is 8.21. The van der Waals surface area contributed by atoms with Gasteiger partial charge in [-0.25, -0.2) is 9.37 Å². The summed E-state index contributed by atoms with van der Waals surface area (Å²) in [6.07, 6.45) is 0.371. The second-order valence-corrected chi connectivity index (χ2v) is 6.81. The van der Waals surface area contributed by atoms with Crippen molar-refractivity contribution in [3.63, 3.8) is 0 Å². The summed E-state index contributed by atoms with van der Waals surface area (Å²) < 4.78 is 18.8. The van der Waals surface area contributed by atoms with Crippen LogP contribution in [0.15, 0.2) is 53.9 Å². The van der Waals surface area contributed by atoms with E-state index in [0.717, 1.165) is 5.56 Å². The number of carbonyl (C=O) groups excluding carboxylic acids is 1. The van der Waals surface area contributed by atoms with Crippen LogP contribution in [0.5, 0.6) is 5.75 Å². The van der Waals surface area contributed by atoms with Crippen LogP contribution in [0.4, 0.5) is 9.52 Å². The molecule has 0 aliphatic carbocycles. The molecule has 2 aromatic carbocycles. The molecule has 1 N–H and O–H groups in total. The molecule has 0 fully saturated rings. The van der Waals surface area contributed by atoms with Crippen LogP contribution in [0.25, 0.3) is 11.3 Å². The van der Waals surface area contributed by atoms with Gasteiger partial charge in [0.2, 0.25) is 5.91 Å². The Hall–Kier alpha value is -2.73. The van der Waals surface area contributed by atoms with Crippen molar-refractivity contribution in [1.29, 1.82) is 0 Å². The zero-order valence-electron chi connectivity index (χ0n) is 14.5.